The average molecular weight is 409 g/mol. The summed E-state index contributed by atoms with van der Waals surface area (Å²) in [6, 6.07) is 20.6. The van der Waals surface area contributed by atoms with Crippen LogP contribution in [0.2, 0.25) is 0 Å². The predicted octanol–water partition coefficient (Wildman–Crippen LogP) is 3.90. The van der Waals surface area contributed by atoms with Gasteiger partial charge in [-0.3, -0.25) is 0 Å². The van der Waals surface area contributed by atoms with Crippen LogP contribution in [0.3, 0.4) is 0 Å². The molecule has 3 N–H and O–H groups in total. The Bertz CT molecular complexity index is 555. The fourth-order valence-corrected chi connectivity index (χ4v) is 2.18. The summed E-state index contributed by atoms with van der Waals surface area (Å²) in [6.07, 6.45) is 1.03. The third kappa shape index (κ3) is 6.47. The van der Waals surface area contributed by atoms with Crippen molar-refractivity contribution in [3.05, 3.63) is 71.8 Å². The minimum absolute atomic E-state index is 0. The third-order valence-electron chi connectivity index (χ3n) is 3.53. The van der Waals surface area contributed by atoms with Crippen LogP contribution in [-0.2, 0) is 6.54 Å². The Balaban J connectivity index is 0.00000242. The fourth-order valence-electron chi connectivity index (χ4n) is 2.18. The second-order valence-corrected chi connectivity index (χ2v) is 5.21. The zero-order chi connectivity index (χ0) is 14.9. The molecule has 4 heteroatoms. The van der Waals surface area contributed by atoms with E-state index < -0.39 is 0 Å². The Labute approximate surface area is 150 Å². The third-order valence-corrected chi connectivity index (χ3v) is 3.53. The molecule has 0 aromatic heterocycles. The topological polar surface area (TPSA) is 50.4 Å². The number of aliphatic imine (C=N–C) groups is 1. The first-order valence-corrected chi connectivity index (χ1v) is 7.38. The van der Waals surface area contributed by atoms with E-state index in [-0.39, 0.29) is 24.0 Å². The molecule has 0 aliphatic heterocycles. The van der Waals surface area contributed by atoms with Gasteiger partial charge in [-0.25, -0.2) is 4.99 Å². The van der Waals surface area contributed by atoms with Gasteiger partial charge >= 0.3 is 0 Å². The summed E-state index contributed by atoms with van der Waals surface area (Å²) in [4.78, 5) is 4.35. The van der Waals surface area contributed by atoms with Crippen molar-refractivity contribution >= 4 is 29.9 Å². The first-order valence-electron chi connectivity index (χ1n) is 7.38. The molecule has 1 atom stereocenters. The van der Waals surface area contributed by atoms with E-state index in [0.29, 0.717) is 18.4 Å². The van der Waals surface area contributed by atoms with Gasteiger partial charge in [0.2, 0.25) is 0 Å². The molecule has 0 heterocycles. The summed E-state index contributed by atoms with van der Waals surface area (Å²) in [7, 11) is 0. The Morgan fingerprint density at radius 1 is 1.05 bits per heavy atom. The summed E-state index contributed by atoms with van der Waals surface area (Å²) in [5, 5.41) is 3.18. The molecule has 0 saturated carbocycles. The van der Waals surface area contributed by atoms with Crippen LogP contribution < -0.4 is 11.1 Å². The molecule has 1 unspecified atom stereocenters. The number of hydrogen-bond donors (Lipinski definition) is 2. The van der Waals surface area contributed by atoms with Crippen molar-refractivity contribution in [2.24, 2.45) is 10.7 Å². The first-order chi connectivity index (χ1) is 10.3. The van der Waals surface area contributed by atoms with Crippen LogP contribution in [-0.4, -0.2) is 12.5 Å². The van der Waals surface area contributed by atoms with Gasteiger partial charge < -0.3 is 11.1 Å². The highest BCUT2D eigenvalue weighted by molar-refractivity contribution is 14.0. The number of benzene rings is 2. The van der Waals surface area contributed by atoms with Crippen molar-refractivity contribution in [2.75, 3.05) is 6.54 Å². The summed E-state index contributed by atoms with van der Waals surface area (Å²) in [6.45, 7) is 3.68. The molecule has 0 aliphatic rings. The largest absolute Gasteiger partial charge is 0.370 e. The fraction of sp³-hybridized carbons (Fsp3) is 0.278. The molecular formula is C18H24IN3. The van der Waals surface area contributed by atoms with Gasteiger partial charge in [0.25, 0.3) is 0 Å². The van der Waals surface area contributed by atoms with Gasteiger partial charge in [0.15, 0.2) is 5.96 Å². The number of hydrogen-bond acceptors (Lipinski definition) is 1. The van der Waals surface area contributed by atoms with E-state index in [2.05, 4.69) is 41.5 Å². The maximum Gasteiger partial charge on any atom is 0.188 e. The van der Waals surface area contributed by atoms with E-state index in [9.17, 15) is 0 Å². The molecule has 0 amide bonds. The monoisotopic (exact) mass is 409 g/mol. The highest BCUT2D eigenvalue weighted by atomic mass is 127. The molecule has 2 aromatic carbocycles. The van der Waals surface area contributed by atoms with E-state index in [1.807, 2.05) is 36.4 Å². The lowest BCUT2D eigenvalue weighted by molar-refractivity contribution is 0.659. The first kappa shape index (κ1) is 18.5. The quantitative estimate of drug-likeness (QED) is 0.432. The van der Waals surface area contributed by atoms with Crippen molar-refractivity contribution in [2.45, 2.75) is 25.8 Å². The highest BCUT2D eigenvalue weighted by Gasteiger charge is 2.04. The van der Waals surface area contributed by atoms with Crippen LogP contribution in [0.25, 0.3) is 0 Å². The molecule has 0 fully saturated rings. The van der Waals surface area contributed by atoms with Crippen LogP contribution in [0, 0.1) is 0 Å². The van der Waals surface area contributed by atoms with Crippen LogP contribution in [0.5, 0.6) is 0 Å². The number of halogens is 1. The molecule has 2 aromatic rings. The second-order valence-electron chi connectivity index (χ2n) is 5.21. The van der Waals surface area contributed by atoms with Gasteiger partial charge in [-0.2, -0.15) is 0 Å². The number of rotatable bonds is 6. The summed E-state index contributed by atoms with van der Waals surface area (Å²) < 4.78 is 0. The lowest BCUT2D eigenvalue weighted by atomic mass is 9.98. The zero-order valence-corrected chi connectivity index (χ0v) is 15.2. The van der Waals surface area contributed by atoms with Crippen LogP contribution in [0.4, 0.5) is 0 Å². The zero-order valence-electron chi connectivity index (χ0n) is 12.9. The van der Waals surface area contributed by atoms with Crippen molar-refractivity contribution in [3.63, 3.8) is 0 Å². The Morgan fingerprint density at radius 3 is 2.27 bits per heavy atom. The van der Waals surface area contributed by atoms with Crippen molar-refractivity contribution in [3.8, 4) is 0 Å². The van der Waals surface area contributed by atoms with Crippen molar-refractivity contribution in [1.29, 1.82) is 0 Å². The van der Waals surface area contributed by atoms with Crippen LogP contribution in [0.15, 0.2) is 65.7 Å². The second kappa shape index (κ2) is 10.2. The van der Waals surface area contributed by atoms with Gasteiger partial charge in [0.1, 0.15) is 0 Å². The molecule has 0 aliphatic carbocycles. The Morgan fingerprint density at radius 2 is 1.64 bits per heavy atom. The number of nitrogens with zero attached hydrogens (tertiary/aromatic N) is 1. The predicted molar refractivity (Wildman–Crippen MR) is 105 cm³/mol. The molecule has 0 bridgehead atoms. The van der Waals surface area contributed by atoms with E-state index in [1.165, 1.54) is 11.1 Å². The molecular weight excluding hydrogens is 385 g/mol. The van der Waals surface area contributed by atoms with Gasteiger partial charge in [0.05, 0.1) is 6.54 Å². The molecule has 2 rings (SSSR count). The number of guanidine groups is 1. The minimum Gasteiger partial charge on any atom is -0.370 e. The smallest absolute Gasteiger partial charge is 0.188 e. The minimum atomic E-state index is 0. The molecule has 0 radical (unpaired) electrons. The molecule has 3 nitrogen and oxygen atoms in total. The molecule has 0 saturated heterocycles. The van der Waals surface area contributed by atoms with E-state index in [0.717, 1.165) is 13.0 Å². The van der Waals surface area contributed by atoms with Crippen molar-refractivity contribution < 1.29 is 0 Å². The van der Waals surface area contributed by atoms with Gasteiger partial charge in [-0.1, -0.05) is 67.6 Å². The van der Waals surface area contributed by atoms with Crippen LogP contribution >= 0.6 is 24.0 Å². The summed E-state index contributed by atoms with van der Waals surface area (Å²) in [5.74, 6) is 1.03. The van der Waals surface area contributed by atoms with Crippen molar-refractivity contribution in [1.82, 2.24) is 5.32 Å². The standard InChI is InChI=1S/C18H23N3.HI/c1-15(17-10-6-3-7-11-17)12-13-20-18(19)21-14-16-8-4-2-5-9-16;/h2-11,15H,12-14H2,1H3,(H3,19,20,21);1H. The highest BCUT2D eigenvalue weighted by Crippen LogP contribution is 2.17. The normalized spacial score (nSPS) is 12.3. The lowest BCUT2D eigenvalue weighted by Gasteiger charge is -2.12. The molecule has 22 heavy (non-hydrogen) atoms. The summed E-state index contributed by atoms with van der Waals surface area (Å²) in [5.41, 5.74) is 8.41. The van der Waals surface area contributed by atoms with Gasteiger partial charge in [-0.15, -0.1) is 24.0 Å². The van der Waals surface area contributed by atoms with E-state index in [4.69, 9.17) is 5.73 Å². The Kier molecular flexibility index (Phi) is 8.58. The van der Waals surface area contributed by atoms with E-state index in [1.54, 1.807) is 0 Å². The average Bonchev–Trinajstić information content (AvgIpc) is 2.54. The Hall–Kier alpha value is -1.56. The molecule has 118 valence electrons. The maximum absolute atomic E-state index is 5.89. The van der Waals surface area contributed by atoms with Crippen LogP contribution in [0.1, 0.15) is 30.4 Å². The SMILES string of the molecule is CC(CCNC(N)=NCc1ccccc1)c1ccccc1.I. The summed E-state index contributed by atoms with van der Waals surface area (Å²) >= 11 is 0. The molecule has 0 spiro atoms. The number of nitrogens with one attached hydrogen (secondary N) is 1. The number of nitrogens with two attached hydrogens (primary N) is 1. The van der Waals surface area contributed by atoms with Gasteiger partial charge in [0, 0.05) is 6.54 Å². The van der Waals surface area contributed by atoms with Gasteiger partial charge in [-0.05, 0) is 23.5 Å². The lowest BCUT2D eigenvalue weighted by Crippen LogP contribution is -2.32. The van der Waals surface area contributed by atoms with E-state index >= 15 is 0 Å². The maximum atomic E-state index is 5.89.